The number of para-hydroxylation sites is 1. The highest BCUT2D eigenvalue weighted by atomic mass is 16.6. The molecule has 2 aromatic carbocycles. The number of fused-ring (bicyclic) bond motifs is 3. The Kier molecular flexibility index (Phi) is 4.11. The molecule has 4 rings (SSSR count). The van der Waals surface area contributed by atoms with Gasteiger partial charge in [0.2, 0.25) is 0 Å². The maximum atomic E-state index is 12.0. The number of anilines is 1. The van der Waals surface area contributed by atoms with Gasteiger partial charge in [-0.05, 0) is 37.1 Å². The van der Waals surface area contributed by atoms with Crippen molar-refractivity contribution in [3.8, 4) is 0 Å². The van der Waals surface area contributed by atoms with Gasteiger partial charge in [-0.15, -0.1) is 0 Å². The number of ether oxygens (including phenoxy) is 2. The van der Waals surface area contributed by atoms with Crippen LogP contribution in [0.3, 0.4) is 0 Å². The lowest BCUT2D eigenvalue weighted by molar-refractivity contribution is -0.156. The minimum Gasteiger partial charge on any atom is -0.456 e. The van der Waals surface area contributed by atoms with Gasteiger partial charge in [0.25, 0.3) is 5.91 Å². The fourth-order valence-electron chi connectivity index (χ4n) is 2.99. The molecule has 6 nitrogen and oxygen atoms in total. The molecule has 1 aliphatic rings. The Morgan fingerprint density at radius 2 is 1.96 bits per heavy atom. The average molecular weight is 339 g/mol. The van der Waals surface area contributed by atoms with Gasteiger partial charge in [0.05, 0.1) is 0 Å². The number of hydrogen-bond donors (Lipinski definition) is 1. The van der Waals surface area contributed by atoms with Crippen LogP contribution in [0, 0.1) is 0 Å². The Morgan fingerprint density at radius 3 is 2.80 bits per heavy atom. The molecule has 0 aliphatic carbocycles. The van der Waals surface area contributed by atoms with E-state index in [1.165, 1.54) is 0 Å². The van der Waals surface area contributed by atoms with Gasteiger partial charge in [0.15, 0.2) is 12.7 Å². The number of benzene rings is 2. The number of carbonyl (C=O) groups is 2. The molecule has 1 aliphatic heterocycles. The third kappa shape index (κ3) is 3.21. The van der Waals surface area contributed by atoms with Crippen LogP contribution in [0.1, 0.15) is 12.8 Å². The highest BCUT2D eigenvalue weighted by Crippen LogP contribution is 2.30. The van der Waals surface area contributed by atoms with E-state index < -0.39 is 18.0 Å². The first-order chi connectivity index (χ1) is 12.2. The van der Waals surface area contributed by atoms with Gasteiger partial charge in [-0.25, -0.2) is 4.79 Å². The van der Waals surface area contributed by atoms with Crippen molar-refractivity contribution >= 4 is 39.5 Å². The lowest BCUT2D eigenvalue weighted by Crippen LogP contribution is -2.27. The molecular formula is C19H17NO5. The van der Waals surface area contributed by atoms with Gasteiger partial charge in [0.1, 0.15) is 11.2 Å². The summed E-state index contributed by atoms with van der Waals surface area (Å²) in [5.74, 6) is -0.873. The van der Waals surface area contributed by atoms with Crippen molar-refractivity contribution in [2.24, 2.45) is 0 Å². The summed E-state index contributed by atoms with van der Waals surface area (Å²) in [7, 11) is 0. The monoisotopic (exact) mass is 339 g/mol. The minimum absolute atomic E-state index is 0.330. The largest absolute Gasteiger partial charge is 0.456 e. The van der Waals surface area contributed by atoms with E-state index in [2.05, 4.69) is 5.32 Å². The first-order valence-corrected chi connectivity index (χ1v) is 8.20. The zero-order valence-corrected chi connectivity index (χ0v) is 13.5. The van der Waals surface area contributed by atoms with E-state index in [1.54, 1.807) is 6.07 Å². The lowest BCUT2D eigenvalue weighted by atomic mass is 10.1. The summed E-state index contributed by atoms with van der Waals surface area (Å²) in [6, 6.07) is 13.1. The molecule has 0 bridgehead atoms. The summed E-state index contributed by atoms with van der Waals surface area (Å²) in [5.41, 5.74) is 2.17. The third-order valence-electron chi connectivity index (χ3n) is 4.20. The van der Waals surface area contributed by atoms with E-state index in [-0.39, 0.29) is 6.61 Å². The second-order valence-corrected chi connectivity index (χ2v) is 5.97. The van der Waals surface area contributed by atoms with E-state index >= 15 is 0 Å². The van der Waals surface area contributed by atoms with Crippen molar-refractivity contribution in [2.75, 3.05) is 18.5 Å². The standard InChI is InChI=1S/C19H17NO5/c21-18(11-24-19(22)17-6-3-9-23-17)20-12-7-8-16-14(10-12)13-4-1-2-5-15(13)25-16/h1-2,4-5,7-8,10,17H,3,6,9,11H2,(H,20,21)/t17-/m0/s1. The number of esters is 1. The van der Waals surface area contributed by atoms with Crippen LogP contribution < -0.4 is 5.32 Å². The van der Waals surface area contributed by atoms with Crippen LogP contribution in [0.5, 0.6) is 0 Å². The molecule has 1 amide bonds. The molecule has 0 unspecified atom stereocenters. The third-order valence-corrected chi connectivity index (χ3v) is 4.20. The minimum atomic E-state index is -0.540. The normalized spacial score (nSPS) is 17.0. The molecule has 2 heterocycles. The highest BCUT2D eigenvalue weighted by molar-refractivity contribution is 6.07. The van der Waals surface area contributed by atoms with Gasteiger partial charge < -0.3 is 19.2 Å². The van der Waals surface area contributed by atoms with E-state index in [1.807, 2.05) is 36.4 Å². The van der Waals surface area contributed by atoms with Crippen LogP contribution in [0.15, 0.2) is 46.9 Å². The zero-order chi connectivity index (χ0) is 17.2. The molecule has 0 radical (unpaired) electrons. The Hall–Kier alpha value is -2.86. The molecule has 128 valence electrons. The predicted molar refractivity (Wildman–Crippen MR) is 92.3 cm³/mol. The van der Waals surface area contributed by atoms with Crippen molar-refractivity contribution < 1.29 is 23.5 Å². The van der Waals surface area contributed by atoms with Gasteiger partial charge in [-0.3, -0.25) is 4.79 Å². The number of hydrogen-bond acceptors (Lipinski definition) is 5. The van der Waals surface area contributed by atoms with Crippen molar-refractivity contribution in [3.05, 3.63) is 42.5 Å². The molecule has 1 aromatic heterocycles. The summed E-state index contributed by atoms with van der Waals surface area (Å²) in [6.07, 6.45) is 0.941. The van der Waals surface area contributed by atoms with Crippen molar-refractivity contribution in [2.45, 2.75) is 18.9 Å². The number of furan rings is 1. The maximum absolute atomic E-state index is 12.0. The fourth-order valence-corrected chi connectivity index (χ4v) is 2.99. The number of amides is 1. The van der Waals surface area contributed by atoms with Crippen molar-refractivity contribution in [1.82, 2.24) is 0 Å². The smallest absolute Gasteiger partial charge is 0.335 e. The van der Waals surface area contributed by atoms with Gasteiger partial charge in [-0.2, -0.15) is 0 Å². The van der Waals surface area contributed by atoms with Crippen molar-refractivity contribution in [1.29, 1.82) is 0 Å². The average Bonchev–Trinajstić information content (AvgIpc) is 3.27. The second-order valence-electron chi connectivity index (χ2n) is 5.97. The van der Waals surface area contributed by atoms with Crippen LogP contribution >= 0.6 is 0 Å². The SMILES string of the molecule is O=C(COC(=O)[C@@H]1CCCO1)Nc1ccc2oc3ccccc3c2c1. The number of carbonyl (C=O) groups excluding carboxylic acids is 2. The quantitative estimate of drug-likeness (QED) is 0.738. The molecule has 6 heteroatoms. The summed E-state index contributed by atoms with van der Waals surface area (Å²) in [4.78, 5) is 23.8. The zero-order valence-electron chi connectivity index (χ0n) is 13.5. The summed E-state index contributed by atoms with van der Waals surface area (Å²) in [6.45, 7) is 0.230. The highest BCUT2D eigenvalue weighted by Gasteiger charge is 2.25. The summed E-state index contributed by atoms with van der Waals surface area (Å²) in [5, 5.41) is 4.64. The Bertz CT molecular complexity index is 939. The van der Waals surface area contributed by atoms with Crippen LogP contribution in [0.25, 0.3) is 21.9 Å². The van der Waals surface area contributed by atoms with E-state index in [0.29, 0.717) is 18.7 Å². The van der Waals surface area contributed by atoms with Crippen LogP contribution in [0.4, 0.5) is 5.69 Å². The maximum Gasteiger partial charge on any atom is 0.335 e. The molecule has 0 spiro atoms. The molecular weight excluding hydrogens is 322 g/mol. The van der Waals surface area contributed by atoms with Gasteiger partial charge in [-0.1, -0.05) is 18.2 Å². The van der Waals surface area contributed by atoms with Crippen LogP contribution in [-0.4, -0.2) is 31.2 Å². The van der Waals surface area contributed by atoms with E-state index in [4.69, 9.17) is 13.9 Å². The van der Waals surface area contributed by atoms with Gasteiger partial charge >= 0.3 is 5.97 Å². The molecule has 1 N–H and O–H groups in total. The van der Waals surface area contributed by atoms with Crippen molar-refractivity contribution in [3.63, 3.8) is 0 Å². The van der Waals surface area contributed by atoms with Gasteiger partial charge in [0, 0.05) is 23.1 Å². The number of nitrogens with one attached hydrogen (secondary N) is 1. The first-order valence-electron chi connectivity index (χ1n) is 8.20. The van der Waals surface area contributed by atoms with Crippen LogP contribution in [0.2, 0.25) is 0 Å². The lowest BCUT2D eigenvalue weighted by Gasteiger charge is -2.10. The molecule has 25 heavy (non-hydrogen) atoms. The predicted octanol–water partition coefficient (Wildman–Crippen LogP) is 3.25. The summed E-state index contributed by atoms with van der Waals surface area (Å²) < 4.78 is 16.0. The second kappa shape index (κ2) is 6.57. The summed E-state index contributed by atoms with van der Waals surface area (Å²) >= 11 is 0. The molecule has 1 saturated heterocycles. The Labute approximate surface area is 143 Å². The topological polar surface area (TPSA) is 77.8 Å². The fraction of sp³-hybridized carbons (Fsp3) is 0.263. The first kappa shape index (κ1) is 15.7. The molecule has 0 saturated carbocycles. The Balaban J connectivity index is 1.43. The molecule has 3 aromatic rings. The van der Waals surface area contributed by atoms with E-state index in [9.17, 15) is 9.59 Å². The molecule has 1 atom stereocenters. The Morgan fingerprint density at radius 1 is 1.12 bits per heavy atom. The van der Waals surface area contributed by atoms with Crippen LogP contribution in [-0.2, 0) is 19.1 Å². The number of rotatable bonds is 4. The van der Waals surface area contributed by atoms with E-state index in [0.717, 1.165) is 28.4 Å². The molecule has 1 fully saturated rings.